The van der Waals surface area contributed by atoms with Gasteiger partial charge in [-0.2, -0.15) is 18.2 Å². The Morgan fingerprint density at radius 1 is 0.933 bits per heavy atom. The van der Waals surface area contributed by atoms with E-state index >= 15 is 0 Å². The largest absolute Gasteiger partial charge is 0.416 e. The number of aromatic nitrogens is 3. The van der Waals surface area contributed by atoms with Crippen LogP contribution in [0.4, 0.5) is 30.6 Å². The summed E-state index contributed by atoms with van der Waals surface area (Å²) < 4.78 is 39.1. The second kappa shape index (κ2) is 8.69. The van der Waals surface area contributed by atoms with E-state index in [1.165, 1.54) is 12.5 Å². The zero-order valence-electron chi connectivity index (χ0n) is 16.3. The Bertz CT molecular complexity index is 986. The van der Waals surface area contributed by atoms with Crippen LogP contribution in [0.3, 0.4) is 0 Å². The van der Waals surface area contributed by atoms with Crippen LogP contribution in [0.15, 0.2) is 54.9 Å². The van der Waals surface area contributed by atoms with Gasteiger partial charge in [0.15, 0.2) is 0 Å². The fraction of sp³-hybridized carbons (Fsp3) is 0.318. The number of halogens is 3. The Hall–Kier alpha value is -3.16. The lowest BCUT2D eigenvalue weighted by Gasteiger charge is -2.23. The van der Waals surface area contributed by atoms with Crippen molar-refractivity contribution < 1.29 is 13.2 Å². The summed E-state index contributed by atoms with van der Waals surface area (Å²) in [6.07, 6.45) is 4.63. The molecule has 156 valence electrons. The van der Waals surface area contributed by atoms with E-state index < -0.39 is 11.7 Å². The van der Waals surface area contributed by atoms with E-state index in [0.29, 0.717) is 29.2 Å². The molecule has 5 nitrogen and oxygen atoms in total. The molecule has 1 aliphatic rings. The molecule has 2 heterocycles. The average molecular weight is 413 g/mol. The van der Waals surface area contributed by atoms with Crippen molar-refractivity contribution in [1.82, 2.24) is 15.0 Å². The van der Waals surface area contributed by atoms with Gasteiger partial charge in [-0.1, -0.05) is 25.3 Å². The van der Waals surface area contributed by atoms with Gasteiger partial charge in [0.05, 0.1) is 11.3 Å². The van der Waals surface area contributed by atoms with Crippen LogP contribution in [0.2, 0.25) is 0 Å². The van der Waals surface area contributed by atoms with E-state index in [2.05, 4.69) is 25.6 Å². The molecule has 1 fully saturated rings. The number of nitrogens with one attached hydrogen (secondary N) is 2. The van der Waals surface area contributed by atoms with Gasteiger partial charge in [0.1, 0.15) is 5.82 Å². The van der Waals surface area contributed by atoms with Crippen molar-refractivity contribution in [2.45, 2.75) is 44.3 Å². The second-order valence-electron chi connectivity index (χ2n) is 7.39. The maximum atomic E-state index is 13.0. The smallest absolute Gasteiger partial charge is 0.351 e. The predicted molar refractivity (Wildman–Crippen MR) is 110 cm³/mol. The maximum Gasteiger partial charge on any atom is 0.416 e. The minimum atomic E-state index is -4.40. The van der Waals surface area contributed by atoms with Crippen LogP contribution < -0.4 is 10.6 Å². The molecule has 8 heteroatoms. The number of alkyl halides is 3. The summed E-state index contributed by atoms with van der Waals surface area (Å²) in [6.45, 7) is 0. The molecule has 30 heavy (non-hydrogen) atoms. The SMILES string of the molecule is FC(F)(F)c1cccc(Nc2cc(-c3cccnc3)nc(NC3CCCCC3)n2)c1. The summed E-state index contributed by atoms with van der Waals surface area (Å²) in [5.41, 5.74) is 1.04. The lowest BCUT2D eigenvalue weighted by atomic mass is 9.96. The first-order valence-corrected chi connectivity index (χ1v) is 9.98. The highest BCUT2D eigenvalue weighted by atomic mass is 19.4. The monoisotopic (exact) mass is 413 g/mol. The normalized spacial score (nSPS) is 15.0. The molecule has 0 amide bonds. The Labute approximate surface area is 172 Å². The molecular formula is C22H22F3N5. The summed E-state index contributed by atoms with van der Waals surface area (Å²) in [4.78, 5) is 13.3. The first kappa shape index (κ1) is 20.1. The maximum absolute atomic E-state index is 13.0. The van der Waals surface area contributed by atoms with Crippen LogP contribution in [0.5, 0.6) is 0 Å². The van der Waals surface area contributed by atoms with Crippen LogP contribution in [-0.2, 0) is 6.18 Å². The Morgan fingerprint density at radius 3 is 2.50 bits per heavy atom. The van der Waals surface area contributed by atoms with Crippen molar-refractivity contribution >= 4 is 17.5 Å². The van der Waals surface area contributed by atoms with E-state index in [9.17, 15) is 13.2 Å². The summed E-state index contributed by atoms with van der Waals surface area (Å²) in [5.74, 6) is 0.874. The number of benzene rings is 1. The van der Waals surface area contributed by atoms with Crippen LogP contribution >= 0.6 is 0 Å². The first-order chi connectivity index (χ1) is 14.5. The van der Waals surface area contributed by atoms with Crippen LogP contribution in [-0.4, -0.2) is 21.0 Å². The molecule has 2 aromatic heterocycles. The molecule has 1 aromatic carbocycles. The van der Waals surface area contributed by atoms with E-state index in [1.807, 2.05) is 12.1 Å². The number of rotatable bonds is 5. The zero-order chi connectivity index (χ0) is 21.0. The number of hydrogen-bond acceptors (Lipinski definition) is 5. The highest BCUT2D eigenvalue weighted by Crippen LogP contribution is 2.32. The van der Waals surface area contributed by atoms with Gasteiger partial charge in [0.25, 0.3) is 0 Å². The molecule has 4 rings (SSSR count). The number of pyridine rings is 1. The third-order valence-corrected chi connectivity index (χ3v) is 5.08. The van der Waals surface area contributed by atoms with Crippen molar-refractivity contribution in [3.8, 4) is 11.3 Å². The minimum absolute atomic E-state index is 0.296. The highest BCUT2D eigenvalue weighted by Gasteiger charge is 2.30. The number of anilines is 3. The van der Waals surface area contributed by atoms with Crippen molar-refractivity contribution in [3.63, 3.8) is 0 Å². The Kier molecular flexibility index (Phi) is 5.83. The van der Waals surface area contributed by atoms with Crippen molar-refractivity contribution in [1.29, 1.82) is 0 Å². The predicted octanol–water partition coefficient (Wildman–Crippen LogP) is 6.05. The molecule has 0 saturated heterocycles. The van der Waals surface area contributed by atoms with Crippen molar-refractivity contribution in [2.24, 2.45) is 0 Å². The van der Waals surface area contributed by atoms with Gasteiger partial charge >= 0.3 is 6.18 Å². The molecule has 0 spiro atoms. The molecule has 0 aliphatic heterocycles. The number of hydrogen-bond donors (Lipinski definition) is 2. The lowest BCUT2D eigenvalue weighted by molar-refractivity contribution is -0.137. The molecule has 0 atom stereocenters. The first-order valence-electron chi connectivity index (χ1n) is 9.98. The van der Waals surface area contributed by atoms with Crippen molar-refractivity contribution in [2.75, 3.05) is 10.6 Å². The molecule has 1 aliphatic carbocycles. The second-order valence-corrected chi connectivity index (χ2v) is 7.39. The molecule has 3 aromatic rings. The molecule has 2 N–H and O–H groups in total. The van der Waals surface area contributed by atoms with Gasteiger partial charge in [-0.15, -0.1) is 0 Å². The van der Waals surface area contributed by atoms with E-state index in [4.69, 9.17) is 0 Å². The van der Waals surface area contributed by atoms with Gasteiger partial charge in [0, 0.05) is 35.8 Å². The standard InChI is InChI=1S/C22H22F3N5/c23-22(24,25)16-7-4-10-18(12-16)27-20-13-19(15-6-5-11-26-14-15)29-21(30-20)28-17-8-2-1-3-9-17/h4-7,10-14,17H,1-3,8-9H2,(H2,27,28,29,30). The van der Waals surface area contributed by atoms with Gasteiger partial charge in [-0.05, 0) is 43.2 Å². The summed E-state index contributed by atoms with van der Waals surface area (Å²) >= 11 is 0. The van der Waals surface area contributed by atoms with Crippen LogP contribution in [0.25, 0.3) is 11.3 Å². The van der Waals surface area contributed by atoms with Gasteiger partial charge < -0.3 is 10.6 Å². The molecule has 0 radical (unpaired) electrons. The third-order valence-electron chi connectivity index (χ3n) is 5.08. The number of nitrogens with zero attached hydrogens (tertiary/aromatic N) is 3. The van der Waals surface area contributed by atoms with Gasteiger partial charge in [-0.25, -0.2) is 4.98 Å². The minimum Gasteiger partial charge on any atom is -0.351 e. The quantitative estimate of drug-likeness (QED) is 0.533. The fourth-order valence-corrected chi connectivity index (χ4v) is 3.59. The molecular weight excluding hydrogens is 391 g/mol. The molecule has 0 bridgehead atoms. The van der Waals surface area contributed by atoms with Crippen LogP contribution in [0, 0.1) is 0 Å². The molecule has 0 unspecified atom stereocenters. The van der Waals surface area contributed by atoms with Crippen LogP contribution in [0.1, 0.15) is 37.7 Å². The van der Waals surface area contributed by atoms with E-state index in [0.717, 1.165) is 43.4 Å². The van der Waals surface area contributed by atoms with Crippen molar-refractivity contribution in [3.05, 3.63) is 60.4 Å². The topological polar surface area (TPSA) is 62.7 Å². The average Bonchev–Trinajstić information content (AvgIpc) is 2.74. The molecule has 1 saturated carbocycles. The fourth-order valence-electron chi connectivity index (χ4n) is 3.59. The zero-order valence-corrected chi connectivity index (χ0v) is 16.3. The summed E-state index contributed by atoms with van der Waals surface area (Å²) in [6, 6.07) is 10.8. The van der Waals surface area contributed by atoms with E-state index in [1.54, 1.807) is 24.5 Å². The van der Waals surface area contributed by atoms with Gasteiger partial charge in [0.2, 0.25) is 5.95 Å². The van der Waals surface area contributed by atoms with Gasteiger partial charge in [-0.3, -0.25) is 4.98 Å². The highest BCUT2D eigenvalue weighted by molar-refractivity contribution is 5.67. The Morgan fingerprint density at radius 2 is 1.77 bits per heavy atom. The Balaban J connectivity index is 1.65. The van der Waals surface area contributed by atoms with E-state index in [-0.39, 0.29) is 0 Å². The lowest BCUT2D eigenvalue weighted by Crippen LogP contribution is -2.23. The summed E-state index contributed by atoms with van der Waals surface area (Å²) in [5, 5.41) is 6.38. The summed E-state index contributed by atoms with van der Waals surface area (Å²) in [7, 11) is 0. The third kappa shape index (κ3) is 5.06.